The van der Waals surface area contributed by atoms with Gasteiger partial charge in [-0.3, -0.25) is 14.4 Å². The zero-order valence-electron chi connectivity index (χ0n) is 10.4. The number of aliphatic carboxylic acids is 1. The van der Waals surface area contributed by atoms with Gasteiger partial charge in [-0.2, -0.15) is 0 Å². The second-order valence-corrected chi connectivity index (χ2v) is 4.77. The van der Waals surface area contributed by atoms with Gasteiger partial charge in [0, 0.05) is 12.2 Å². The summed E-state index contributed by atoms with van der Waals surface area (Å²) in [5.74, 6) is -1.49. The van der Waals surface area contributed by atoms with Crippen molar-refractivity contribution in [2.45, 2.75) is 31.7 Å². The van der Waals surface area contributed by atoms with Crippen LogP contribution in [0.5, 0.6) is 0 Å². The van der Waals surface area contributed by atoms with E-state index in [9.17, 15) is 14.4 Å². The number of nitrogens with one attached hydrogen (secondary N) is 2. The highest BCUT2D eigenvalue weighted by Crippen LogP contribution is 2.24. The largest absolute Gasteiger partial charge is 0.481 e. The molecule has 3 N–H and O–H groups in total. The van der Waals surface area contributed by atoms with Crippen LogP contribution >= 0.6 is 0 Å². The Morgan fingerprint density at radius 2 is 1.95 bits per heavy atom. The van der Waals surface area contributed by atoms with Crippen molar-refractivity contribution >= 4 is 11.9 Å². The SMILES string of the molecule is O=C(NC1CCC(C(=O)O)CC1)c1ccc[nH]c1=O. The van der Waals surface area contributed by atoms with Crippen molar-refractivity contribution in [3.63, 3.8) is 0 Å². The third kappa shape index (κ3) is 3.21. The number of carboxylic acids is 1. The first-order valence-corrected chi connectivity index (χ1v) is 6.29. The lowest BCUT2D eigenvalue weighted by Gasteiger charge is -2.26. The molecule has 0 radical (unpaired) electrons. The minimum atomic E-state index is -0.774. The zero-order chi connectivity index (χ0) is 13.8. The Morgan fingerprint density at radius 3 is 2.53 bits per heavy atom. The predicted octanol–water partition coefficient (Wildman–Crippen LogP) is 0.748. The lowest BCUT2D eigenvalue weighted by molar-refractivity contribution is -0.142. The van der Waals surface area contributed by atoms with Crippen molar-refractivity contribution in [2.24, 2.45) is 5.92 Å². The summed E-state index contributed by atoms with van der Waals surface area (Å²) in [6, 6.07) is 3.01. The average molecular weight is 264 g/mol. The number of aromatic amines is 1. The molecule has 102 valence electrons. The zero-order valence-corrected chi connectivity index (χ0v) is 10.4. The Bertz CT molecular complexity index is 529. The lowest BCUT2D eigenvalue weighted by atomic mass is 9.86. The summed E-state index contributed by atoms with van der Waals surface area (Å²) in [5.41, 5.74) is -0.331. The van der Waals surface area contributed by atoms with E-state index >= 15 is 0 Å². The molecule has 0 bridgehead atoms. The topological polar surface area (TPSA) is 99.3 Å². The van der Waals surface area contributed by atoms with Crippen LogP contribution in [0, 0.1) is 5.92 Å². The van der Waals surface area contributed by atoms with Crippen LogP contribution < -0.4 is 10.9 Å². The van der Waals surface area contributed by atoms with Crippen LogP contribution in [0.2, 0.25) is 0 Å². The summed E-state index contributed by atoms with van der Waals surface area (Å²) >= 11 is 0. The number of amides is 1. The average Bonchev–Trinajstić information content (AvgIpc) is 2.39. The van der Waals surface area contributed by atoms with Crippen LogP contribution in [0.25, 0.3) is 0 Å². The molecular weight excluding hydrogens is 248 g/mol. The molecule has 1 aromatic heterocycles. The molecule has 1 heterocycles. The van der Waals surface area contributed by atoms with E-state index in [1.165, 1.54) is 12.3 Å². The summed E-state index contributed by atoms with van der Waals surface area (Å²) < 4.78 is 0. The van der Waals surface area contributed by atoms with Crippen LogP contribution in [-0.4, -0.2) is 28.0 Å². The van der Waals surface area contributed by atoms with E-state index < -0.39 is 17.4 Å². The Hall–Kier alpha value is -2.11. The summed E-state index contributed by atoms with van der Waals surface area (Å²) in [4.78, 5) is 36.6. The highest BCUT2D eigenvalue weighted by molar-refractivity contribution is 5.93. The van der Waals surface area contributed by atoms with Gasteiger partial charge in [0.2, 0.25) is 0 Å². The van der Waals surface area contributed by atoms with Crippen molar-refractivity contribution in [1.82, 2.24) is 10.3 Å². The van der Waals surface area contributed by atoms with Gasteiger partial charge < -0.3 is 15.4 Å². The minimum absolute atomic E-state index is 0.0530. The van der Waals surface area contributed by atoms with Crippen molar-refractivity contribution in [2.75, 3.05) is 0 Å². The van der Waals surface area contributed by atoms with Gasteiger partial charge in [0.25, 0.3) is 11.5 Å². The van der Waals surface area contributed by atoms with Gasteiger partial charge in [0.1, 0.15) is 5.56 Å². The molecule has 1 aliphatic rings. The van der Waals surface area contributed by atoms with Gasteiger partial charge in [-0.1, -0.05) is 0 Å². The van der Waals surface area contributed by atoms with E-state index in [2.05, 4.69) is 10.3 Å². The summed E-state index contributed by atoms with van der Waals surface area (Å²) in [5, 5.41) is 11.7. The number of aromatic nitrogens is 1. The first-order chi connectivity index (χ1) is 9.08. The first-order valence-electron chi connectivity index (χ1n) is 6.29. The van der Waals surface area contributed by atoms with Crippen molar-refractivity contribution < 1.29 is 14.7 Å². The molecule has 1 saturated carbocycles. The Kier molecular flexibility index (Phi) is 3.99. The second-order valence-electron chi connectivity index (χ2n) is 4.77. The second kappa shape index (κ2) is 5.69. The molecule has 1 aromatic rings. The van der Waals surface area contributed by atoms with Gasteiger partial charge in [0.05, 0.1) is 5.92 Å². The molecule has 0 unspecified atom stereocenters. The minimum Gasteiger partial charge on any atom is -0.481 e. The number of pyridine rings is 1. The molecule has 6 nitrogen and oxygen atoms in total. The smallest absolute Gasteiger partial charge is 0.306 e. The molecule has 2 rings (SSSR count). The van der Waals surface area contributed by atoms with Crippen LogP contribution in [0.15, 0.2) is 23.1 Å². The van der Waals surface area contributed by atoms with Crippen LogP contribution in [0.1, 0.15) is 36.0 Å². The number of carbonyl (C=O) groups is 2. The number of hydrogen-bond acceptors (Lipinski definition) is 3. The number of hydrogen-bond donors (Lipinski definition) is 3. The highest BCUT2D eigenvalue weighted by atomic mass is 16.4. The summed E-state index contributed by atoms with van der Waals surface area (Å²) in [6.45, 7) is 0. The van der Waals surface area contributed by atoms with Crippen molar-refractivity contribution in [3.05, 3.63) is 34.2 Å². The van der Waals surface area contributed by atoms with Crippen molar-refractivity contribution in [3.8, 4) is 0 Å². The third-order valence-electron chi connectivity index (χ3n) is 3.47. The predicted molar refractivity (Wildman–Crippen MR) is 67.9 cm³/mol. The van der Waals surface area contributed by atoms with Gasteiger partial charge in [-0.25, -0.2) is 0 Å². The van der Waals surface area contributed by atoms with Gasteiger partial charge >= 0.3 is 5.97 Å². The lowest BCUT2D eigenvalue weighted by Crippen LogP contribution is -2.40. The molecule has 0 saturated heterocycles. The fourth-order valence-corrected chi connectivity index (χ4v) is 2.35. The molecule has 1 amide bonds. The van der Waals surface area contributed by atoms with Crippen molar-refractivity contribution in [1.29, 1.82) is 0 Å². The van der Waals surface area contributed by atoms with E-state index in [4.69, 9.17) is 5.11 Å². The van der Waals surface area contributed by atoms with Crippen LogP contribution in [-0.2, 0) is 4.79 Å². The molecule has 0 spiro atoms. The van der Waals surface area contributed by atoms with Crippen LogP contribution in [0.3, 0.4) is 0 Å². The molecule has 1 aliphatic carbocycles. The molecule has 0 aromatic carbocycles. The molecule has 0 atom stereocenters. The van der Waals surface area contributed by atoms with E-state index in [1.54, 1.807) is 6.07 Å². The van der Waals surface area contributed by atoms with Gasteiger partial charge in [0.15, 0.2) is 0 Å². The number of carboxylic acid groups (broad SMARTS) is 1. The van der Waals surface area contributed by atoms with E-state index in [0.717, 1.165) is 0 Å². The fraction of sp³-hybridized carbons (Fsp3) is 0.462. The molecular formula is C13H16N2O4. The Balaban J connectivity index is 1.93. The number of rotatable bonds is 3. The first kappa shape index (κ1) is 13.3. The molecule has 0 aliphatic heterocycles. The maximum atomic E-state index is 11.9. The Morgan fingerprint density at radius 1 is 1.26 bits per heavy atom. The molecule has 1 fully saturated rings. The van der Waals surface area contributed by atoms with E-state index in [1.807, 2.05) is 0 Å². The van der Waals surface area contributed by atoms with E-state index in [-0.39, 0.29) is 17.5 Å². The number of carbonyl (C=O) groups excluding carboxylic acids is 1. The monoisotopic (exact) mass is 264 g/mol. The molecule has 19 heavy (non-hydrogen) atoms. The summed E-state index contributed by atoms with van der Waals surface area (Å²) in [7, 11) is 0. The maximum Gasteiger partial charge on any atom is 0.306 e. The quantitative estimate of drug-likeness (QED) is 0.750. The number of H-pyrrole nitrogens is 1. The summed E-state index contributed by atoms with van der Waals surface area (Å²) in [6.07, 6.45) is 3.86. The van der Waals surface area contributed by atoms with Gasteiger partial charge in [-0.15, -0.1) is 0 Å². The van der Waals surface area contributed by atoms with Gasteiger partial charge in [-0.05, 0) is 37.8 Å². The highest BCUT2D eigenvalue weighted by Gasteiger charge is 2.27. The maximum absolute atomic E-state index is 11.9. The Labute approximate surface area is 109 Å². The fourth-order valence-electron chi connectivity index (χ4n) is 2.35. The van der Waals surface area contributed by atoms with Crippen LogP contribution in [0.4, 0.5) is 0 Å². The third-order valence-corrected chi connectivity index (χ3v) is 3.47. The molecule has 6 heteroatoms. The van der Waals surface area contributed by atoms with E-state index in [0.29, 0.717) is 25.7 Å². The normalized spacial score (nSPS) is 22.7. The standard InChI is InChI=1S/C13H16N2O4/c16-11-10(2-1-7-14-11)12(17)15-9-5-3-8(4-6-9)13(18)19/h1-2,7-9H,3-6H2,(H,14,16)(H,15,17)(H,18,19).